The highest BCUT2D eigenvalue weighted by atomic mass is 79.9. The van der Waals surface area contributed by atoms with Gasteiger partial charge in [-0.3, -0.25) is 0 Å². The third-order valence-corrected chi connectivity index (χ3v) is 3.08. The van der Waals surface area contributed by atoms with Crippen LogP contribution in [0.2, 0.25) is 0 Å². The zero-order chi connectivity index (χ0) is 14.0. The Balaban J connectivity index is 2.47. The van der Waals surface area contributed by atoms with Crippen molar-refractivity contribution in [1.82, 2.24) is 5.16 Å². The lowest BCUT2D eigenvalue weighted by molar-refractivity contribution is 0.230. The first kappa shape index (κ1) is 13.7. The van der Waals surface area contributed by atoms with Crippen molar-refractivity contribution >= 4 is 21.8 Å². The van der Waals surface area contributed by atoms with Crippen molar-refractivity contribution in [3.05, 3.63) is 22.7 Å². The van der Waals surface area contributed by atoms with E-state index < -0.39 is 0 Å². The van der Waals surface area contributed by atoms with Crippen molar-refractivity contribution < 1.29 is 14.0 Å². The highest BCUT2D eigenvalue weighted by molar-refractivity contribution is 9.10. The molecule has 0 amide bonds. The van der Waals surface area contributed by atoms with Gasteiger partial charge < -0.3 is 19.7 Å². The number of ether oxygens (including phenoxy) is 2. The van der Waals surface area contributed by atoms with E-state index in [1.807, 2.05) is 26.0 Å². The summed E-state index contributed by atoms with van der Waals surface area (Å²) in [4.78, 5) is 0. The number of benzene rings is 1. The summed E-state index contributed by atoms with van der Waals surface area (Å²) in [5.41, 5.74) is 7.00. The molecular formula is C13H15BrN2O3. The first-order valence-electron chi connectivity index (χ1n) is 5.78. The van der Waals surface area contributed by atoms with Gasteiger partial charge in [0.1, 0.15) is 5.69 Å². The van der Waals surface area contributed by atoms with Gasteiger partial charge in [0.2, 0.25) is 5.88 Å². The van der Waals surface area contributed by atoms with Gasteiger partial charge in [0.05, 0.1) is 13.2 Å². The molecule has 0 bridgehead atoms. The fourth-order valence-corrected chi connectivity index (χ4v) is 2.18. The van der Waals surface area contributed by atoms with E-state index in [0.29, 0.717) is 17.2 Å². The number of halogens is 1. The number of rotatable bonds is 4. The summed E-state index contributed by atoms with van der Waals surface area (Å²) in [5.74, 6) is 1.57. The number of anilines is 1. The fourth-order valence-electron chi connectivity index (χ4n) is 1.65. The van der Waals surface area contributed by atoms with Crippen molar-refractivity contribution in [3.8, 4) is 22.8 Å². The average molecular weight is 327 g/mol. The first-order chi connectivity index (χ1) is 9.01. The molecule has 1 heterocycles. The number of nitrogens with two attached hydrogens (primary N) is 1. The lowest BCUT2D eigenvalue weighted by Crippen LogP contribution is -2.06. The van der Waals surface area contributed by atoms with E-state index in [-0.39, 0.29) is 12.0 Å². The molecule has 1 aromatic carbocycles. The Morgan fingerprint density at radius 3 is 2.53 bits per heavy atom. The van der Waals surface area contributed by atoms with Gasteiger partial charge in [-0.1, -0.05) is 5.16 Å². The van der Waals surface area contributed by atoms with Gasteiger partial charge in [0, 0.05) is 16.1 Å². The van der Waals surface area contributed by atoms with Gasteiger partial charge in [-0.2, -0.15) is 0 Å². The van der Waals surface area contributed by atoms with E-state index in [2.05, 4.69) is 21.1 Å². The van der Waals surface area contributed by atoms with Crippen LogP contribution in [-0.2, 0) is 0 Å². The molecule has 2 aromatic rings. The highest BCUT2D eigenvalue weighted by Gasteiger charge is 2.15. The minimum atomic E-state index is 0.0642. The molecule has 19 heavy (non-hydrogen) atoms. The number of nitrogens with zero attached hydrogens (tertiary/aromatic N) is 1. The molecule has 0 aliphatic heterocycles. The molecule has 2 N–H and O–H groups in total. The van der Waals surface area contributed by atoms with Crippen molar-refractivity contribution in [3.63, 3.8) is 0 Å². The zero-order valence-corrected chi connectivity index (χ0v) is 12.5. The maximum atomic E-state index is 5.69. The van der Waals surface area contributed by atoms with Gasteiger partial charge in [-0.05, 0) is 41.9 Å². The minimum absolute atomic E-state index is 0.0642. The lowest BCUT2D eigenvalue weighted by atomic mass is 10.1. The number of hydrogen-bond donors (Lipinski definition) is 1. The molecule has 0 aliphatic rings. The Labute approximate surface area is 119 Å². The van der Waals surface area contributed by atoms with Crippen LogP contribution in [0, 0.1) is 0 Å². The average Bonchev–Trinajstić information content (AvgIpc) is 2.75. The summed E-state index contributed by atoms with van der Waals surface area (Å²) in [7, 11) is 1.59. The Kier molecular flexibility index (Phi) is 3.99. The number of nitrogen functional groups attached to an aromatic ring is 1. The molecule has 0 atom stereocenters. The molecule has 0 saturated heterocycles. The quantitative estimate of drug-likeness (QED) is 0.931. The molecule has 2 rings (SSSR count). The van der Waals surface area contributed by atoms with Crippen molar-refractivity contribution in [2.45, 2.75) is 20.0 Å². The molecule has 0 aliphatic carbocycles. The number of aromatic nitrogens is 1. The summed E-state index contributed by atoms with van der Waals surface area (Å²) >= 11 is 3.49. The smallest absolute Gasteiger partial charge is 0.222 e. The molecule has 102 valence electrons. The Bertz CT molecular complexity index is 581. The molecule has 1 aromatic heterocycles. The molecule has 0 saturated carbocycles. The van der Waals surface area contributed by atoms with Gasteiger partial charge in [-0.25, -0.2) is 0 Å². The maximum absolute atomic E-state index is 5.69. The Morgan fingerprint density at radius 2 is 2.00 bits per heavy atom. The SMILES string of the molecule is COc1cc(-c2cc(N)on2)c(Br)cc1OC(C)C. The van der Waals surface area contributed by atoms with Gasteiger partial charge in [0.15, 0.2) is 11.5 Å². The second-order valence-corrected chi connectivity index (χ2v) is 5.12. The van der Waals surface area contributed by atoms with Crippen LogP contribution in [0.5, 0.6) is 11.5 Å². The van der Waals surface area contributed by atoms with E-state index in [4.69, 9.17) is 19.7 Å². The fraction of sp³-hybridized carbons (Fsp3) is 0.308. The second kappa shape index (κ2) is 5.52. The summed E-state index contributed by atoms with van der Waals surface area (Å²) in [6.45, 7) is 3.92. The van der Waals surface area contributed by atoms with Crippen molar-refractivity contribution in [1.29, 1.82) is 0 Å². The lowest BCUT2D eigenvalue weighted by Gasteiger charge is -2.15. The highest BCUT2D eigenvalue weighted by Crippen LogP contribution is 2.38. The number of methoxy groups -OCH3 is 1. The monoisotopic (exact) mass is 326 g/mol. The van der Waals surface area contributed by atoms with E-state index in [1.165, 1.54) is 0 Å². The maximum Gasteiger partial charge on any atom is 0.222 e. The van der Waals surface area contributed by atoms with Crippen molar-refractivity contribution in [2.75, 3.05) is 12.8 Å². The molecule has 6 heteroatoms. The van der Waals surface area contributed by atoms with E-state index in [1.54, 1.807) is 13.2 Å². The molecule has 0 fully saturated rings. The summed E-state index contributed by atoms with van der Waals surface area (Å²) < 4.78 is 16.7. The van der Waals surface area contributed by atoms with Crippen molar-refractivity contribution in [2.24, 2.45) is 0 Å². The normalized spacial score (nSPS) is 10.8. The third kappa shape index (κ3) is 3.01. The summed E-state index contributed by atoms with van der Waals surface area (Å²) in [5, 5.41) is 3.89. The molecular weight excluding hydrogens is 312 g/mol. The number of hydrogen-bond acceptors (Lipinski definition) is 5. The molecule has 5 nitrogen and oxygen atoms in total. The third-order valence-electron chi connectivity index (χ3n) is 2.42. The van der Waals surface area contributed by atoms with Crippen LogP contribution in [0.25, 0.3) is 11.3 Å². The van der Waals surface area contributed by atoms with Crippen LogP contribution in [0.3, 0.4) is 0 Å². The predicted molar refractivity (Wildman–Crippen MR) is 76.4 cm³/mol. The largest absolute Gasteiger partial charge is 0.493 e. The summed E-state index contributed by atoms with van der Waals surface area (Å²) in [6, 6.07) is 5.33. The van der Waals surface area contributed by atoms with Crippen LogP contribution in [0.15, 0.2) is 27.2 Å². The second-order valence-electron chi connectivity index (χ2n) is 4.26. The minimum Gasteiger partial charge on any atom is -0.493 e. The van der Waals surface area contributed by atoms with E-state index >= 15 is 0 Å². The van der Waals surface area contributed by atoms with Crippen LogP contribution in [-0.4, -0.2) is 18.4 Å². The Hall–Kier alpha value is -1.69. The van der Waals surface area contributed by atoms with Crippen LogP contribution in [0.4, 0.5) is 5.88 Å². The first-order valence-corrected chi connectivity index (χ1v) is 6.57. The van der Waals surface area contributed by atoms with E-state index in [0.717, 1.165) is 10.0 Å². The van der Waals surface area contributed by atoms with Crippen LogP contribution >= 0.6 is 15.9 Å². The molecule has 0 unspecified atom stereocenters. The van der Waals surface area contributed by atoms with E-state index in [9.17, 15) is 0 Å². The molecule has 0 radical (unpaired) electrons. The van der Waals surface area contributed by atoms with Crippen LogP contribution in [0.1, 0.15) is 13.8 Å². The van der Waals surface area contributed by atoms with Gasteiger partial charge in [-0.15, -0.1) is 0 Å². The molecule has 0 spiro atoms. The summed E-state index contributed by atoms with van der Waals surface area (Å²) in [6.07, 6.45) is 0.0642. The standard InChI is InChI=1S/C13H15BrN2O3/c1-7(2)18-12-5-9(14)8(4-11(12)17-3)10-6-13(15)19-16-10/h4-7H,15H2,1-3H3. The van der Waals surface area contributed by atoms with Gasteiger partial charge in [0.25, 0.3) is 0 Å². The Morgan fingerprint density at radius 1 is 1.26 bits per heavy atom. The topological polar surface area (TPSA) is 70.5 Å². The van der Waals surface area contributed by atoms with Crippen LogP contribution < -0.4 is 15.2 Å². The predicted octanol–water partition coefficient (Wildman–Crippen LogP) is 3.48. The zero-order valence-electron chi connectivity index (χ0n) is 10.9. The van der Waals surface area contributed by atoms with Gasteiger partial charge >= 0.3 is 0 Å².